The number of hydrogen-bond donors (Lipinski definition) is 0. The molecule has 1 rings (SSSR count). The second kappa shape index (κ2) is 5.53. The monoisotopic (exact) mass is 229 g/mol. The van der Waals surface area contributed by atoms with E-state index in [9.17, 15) is 10.1 Å². The number of terminal acetylenes is 1. The summed E-state index contributed by atoms with van der Waals surface area (Å²) in [5, 5.41) is 19.5. The van der Waals surface area contributed by atoms with Crippen LogP contribution < -0.4 is 4.90 Å². The van der Waals surface area contributed by atoms with Crippen molar-refractivity contribution >= 4 is 11.4 Å². The van der Waals surface area contributed by atoms with Crippen LogP contribution in [0.25, 0.3) is 0 Å². The lowest BCUT2D eigenvalue weighted by Gasteiger charge is -2.20. The molecule has 5 heteroatoms. The summed E-state index contributed by atoms with van der Waals surface area (Å²) in [6, 6.07) is 6.23. The van der Waals surface area contributed by atoms with Crippen molar-refractivity contribution in [1.82, 2.24) is 0 Å². The third kappa shape index (κ3) is 2.73. The van der Waals surface area contributed by atoms with Gasteiger partial charge in [-0.15, -0.1) is 6.42 Å². The molecule has 0 spiro atoms. The number of nitro groups is 1. The lowest BCUT2D eigenvalue weighted by atomic mass is 10.1. The molecule has 86 valence electrons. The number of benzene rings is 1. The summed E-state index contributed by atoms with van der Waals surface area (Å²) in [6.45, 7) is 3.00. The fourth-order valence-corrected chi connectivity index (χ4v) is 1.47. The molecule has 0 N–H and O–H groups in total. The minimum atomic E-state index is -0.570. The van der Waals surface area contributed by atoms with Crippen LogP contribution in [0.5, 0.6) is 0 Å². The predicted molar refractivity (Wildman–Crippen MR) is 64.5 cm³/mol. The molecule has 0 saturated heterocycles. The van der Waals surface area contributed by atoms with Crippen LogP contribution in [0.3, 0.4) is 0 Å². The summed E-state index contributed by atoms with van der Waals surface area (Å²) < 4.78 is 0. The highest BCUT2D eigenvalue weighted by Gasteiger charge is 2.15. The molecule has 0 aliphatic carbocycles. The minimum Gasteiger partial charge on any atom is -0.361 e. The van der Waals surface area contributed by atoms with E-state index in [4.69, 9.17) is 11.7 Å². The van der Waals surface area contributed by atoms with Crippen LogP contribution in [0, 0.1) is 33.8 Å². The number of hydrogen-bond acceptors (Lipinski definition) is 4. The largest absolute Gasteiger partial charge is 0.361 e. The van der Waals surface area contributed by atoms with Crippen LogP contribution in [-0.2, 0) is 0 Å². The van der Waals surface area contributed by atoms with E-state index in [0.717, 1.165) is 0 Å². The van der Waals surface area contributed by atoms with E-state index in [1.165, 1.54) is 12.1 Å². The minimum absolute atomic E-state index is 0.0444. The number of nitriles is 1. The average molecular weight is 229 g/mol. The first kappa shape index (κ1) is 12.5. The molecule has 1 aromatic rings. The van der Waals surface area contributed by atoms with Gasteiger partial charge in [0.15, 0.2) is 0 Å². The number of rotatable bonds is 4. The first-order valence-corrected chi connectivity index (χ1v) is 5.01. The first-order valence-electron chi connectivity index (χ1n) is 5.01. The molecule has 0 fully saturated rings. The zero-order chi connectivity index (χ0) is 12.8. The summed E-state index contributed by atoms with van der Waals surface area (Å²) in [7, 11) is 0. The Morgan fingerprint density at radius 1 is 1.59 bits per heavy atom. The zero-order valence-electron chi connectivity index (χ0n) is 9.38. The van der Waals surface area contributed by atoms with Crippen LogP contribution in [0.4, 0.5) is 11.4 Å². The maximum Gasteiger partial charge on any atom is 0.287 e. The van der Waals surface area contributed by atoms with Gasteiger partial charge in [-0.2, -0.15) is 5.26 Å². The van der Waals surface area contributed by atoms with Crippen LogP contribution in [-0.4, -0.2) is 18.0 Å². The van der Waals surface area contributed by atoms with Gasteiger partial charge in [0.1, 0.15) is 11.6 Å². The first-order chi connectivity index (χ1) is 8.13. The van der Waals surface area contributed by atoms with Crippen molar-refractivity contribution in [1.29, 1.82) is 5.26 Å². The molecule has 17 heavy (non-hydrogen) atoms. The molecule has 1 aromatic carbocycles. The summed E-state index contributed by atoms with van der Waals surface area (Å²) >= 11 is 0. The topological polar surface area (TPSA) is 70.2 Å². The number of nitro benzene ring substituents is 1. The maximum absolute atomic E-state index is 10.7. The summed E-state index contributed by atoms with van der Waals surface area (Å²) in [5.74, 6) is 2.50. The summed E-state index contributed by atoms with van der Waals surface area (Å²) in [4.78, 5) is 11.9. The Labute approximate surface area is 99.4 Å². The van der Waals surface area contributed by atoms with Gasteiger partial charge in [0.2, 0.25) is 0 Å². The highest BCUT2D eigenvalue weighted by Crippen LogP contribution is 2.24. The van der Waals surface area contributed by atoms with Gasteiger partial charge in [0.25, 0.3) is 5.69 Å². The van der Waals surface area contributed by atoms with Gasteiger partial charge in [-0.3, -0.25) is 10.1 Å². The number of nitrogens with zero attached hydrogens (tertiary/aromatic N) is 3. The van der Waals surface area contributed by atoms with Gasteiger partial charge >= 0.3 is 0 Å². The predicted octanol–water partition coefficient (Wildman–Crippen LogP) is 1.93. The molecule has 0 heterocycles. The van der Waals surface area contributed by atoms with Crippen molar-refractivity contribution in [3.05, 3.63) is 33.9 Å². The van der Waals surface area contributed by atoms with E-state index < -0.39 is 4.92 Å². The van der Waals surface area contributed by atoms with E-state index in [1.807, 2.05) is 17.9 Å². The van der Waals surface area contributed by atoms with Crippen LogP contribution in [0.1, 0.15) is 12.5 Å². The van der Waals surface area contributed by atoms with E-state index in [-0.39, 0.29) is 11.3 Å². The van der Waals surface area contributed by atoms with Gasteiger partial charge in [-0.1, -0.05) is 5.92 Å². The summed E-state index contributed by atoms with van der Waals surface area (Å²) in [5.41, 5.74) is 0.573. The molecule has 0 saturated carbocycles. The molecular formula is C12H11N3O2. The highest BCUT2D eigenvalue weighted by atomic mass is 16.6. The highest BCUT2D eigenvalue weighted by molar-refractivity contribution is 5.60. The van der Waals surface area contributed by atoms with Gasteiger partial charge in [-0.05, 0) is 19.1 Å². The SMILES string of the molecule is C#CCN(CC)c1ccc([N+](=O)[O-])c(C#N)c1. The second-order valence-corrected chi connectivity index (χ2v) is 3.29. The molecule has 0 aliphatic rings. The van der Waals surface area contributed by atoms with Crippen LogP contribution in [0.15, 0.2) is 18.2 Å². The van der Waals surface area contributed by atoms with Gasteiger partial charge < -0.3 is 4.90 Å². The van der Waals surface area contributed by atoms with Crippen molar-refractivity contribution in [3.8, 4) is 18.4 Å². The third-order valence-electron chi connectivity index (χ3n) is 2.33. The molecule has 0 atom stereocenters. The Bertz CT molecular complexity index is 511. The normalized spacial score (nSPS) is 9.12. The van der Waals surface area contributed by atoms with E-state index in [1.54, 1.807) is 6.07 Å². The fraction of sp³-hybridized carbons (Fsp3) is 0.250. The lowest BCUT2D eigenvalue weighted by Crippen LogP contribution is -2.22. The Morgan fingerprint density at radius 3 is 2.76 bits per heavy atom. The van der Waals surface area contributed by atoms with E-state index in [0.29, 0.717) is 18.8 Å². The van der Waals surface area contributed by atoms with Crippen molar-refractivity contribution in [2.75, 3.05) is 18.0 Å². The van der Waals surface area contributed by atoms with Crippen LogP contribution in [0.2, 0.25) is 0 Å². The Morgan fingerprint density at radius 2 is 2.29 bits per heavy atom. The Hall–Kier alpha value is -2.53. The van der Waals surface area contributed by atoms with E-state index in [2.05, 4.69) is 5.92 Å². The van der Waals surface area contributed by atoms with Crippen molar-refractivity contribution in [3.63, 3.8) is 0 Å². The average Bonchev–Trinajstić information content (AvgIpc) is 2.34. The molecule has 0 unspecified atom stereocenters. The smallest absolute Gasteiger partial charge is 0.287 e. The molecule has 0 aliphatic heterocycles. The van der Waals surface area contributed by atoms with E-state index >= 15 is 0 Å². The van der Waals surface area contributed by atoms with Crippen molar-refractivity contribution < 1.29 is 4.92 Å². The van der Waals surface area contributed by atoms with Gasteiger partial charge in [0, 0.05) is 18.3 Å². The van der Waals surface area contributed by atoms with Gasteiger partial charge in [-0.25, -0.2) is 0 Å². The zero-order valence-corrected chi connectivity index (χ0v) is 9.38. The third-order valence-corrected chi connectivity index (χ3v) is 2.33. The number of anilines is 1. The Kier molecular flexibility index (Phi) is 4.08. The van der Waals surface area contributed by atoms with Gasteiger partial charge in [0.05, 0.1) is 11.5 Å². The summed E-state index contributed by atoms with van der Waals surface area (Å²) in [6.07, 6.45) is 5.23. The quantitative estimate of drug-likeness (QED) is 0.449. The standard InChI is InChI=1S/C12H11N3O2/c1-3-7-14(4-2)11-5-6-12(15(16)17)10(8-11)9-13/h1,5-6,8H,4,7H2,2H3. The maximum atomic E-state index is 10.7. The molecule has 0 radical (unpaired) electrons. The van der Waals surface area contributed by atoms with Crippen LogP contribution >= 0.6 is 0 Å². The molecular weight excluding hydrogens is 218 g/mol. The van der Waals surface area contributed by atoms with Crippen molar-refractivity contribution in [2.24, 2.45) is 0 Å². The molecule has 0 bridgehead atoms. The molecule has 0 amide bonds. The molecule has 0 aromatic heterocycles. The second-order valence-electron chi connectivity index (χ2n) is 3.29. The lowest BCUT2D eigenvalue weighted by molar-refractivity contribution is -0.385. The van der Waals surface area contributed by atoms with Crippen molar-refractivity contribution in [2.45, 2.75) is 6.92 Å². The molecule has 5 nitrogen and oxygen atoms in total. The Balaban J connectivity index is 3.18. The fourth-order valence-electron chi connectivity index (χ4n) is 1.47.